The lowest BCUT2D eigenvalue weighted by molar-refractivity contribution is 0.668. The quantitative estimate of drug-likeness (QED) is 0.183. The molecule has 0 fully saturated rings. The Labute approximate surface area is 265 Å². The van der Waals surface area contributed by atoms with Gasteiger partial charge in [-0.15, -0.1) is 0 Å². The Hall–Kier alpha value is -6.13. The first-order valence-electron chi connectivity index (χ1n) is 15.5. The van der Waals surface area contributed by atoms with Crippen molar-refractivity contribution in [2.45, 2.75) is 6.92 Å². The number of fused-ring (bicyclic) bond motifs is 7. The van der Waals surface area contributed by atoms with Gasteiger partial charge in [0.1, 0.15) is 17.0 Å². The second kappa shape index (κ2) is 10.2. The first-order chi connectivity index (χ1) is 22.7. The summed E-state index contributed by atoms with van der Waals surface area (Å²) >= 11 is 0. The number of nitrogens with zero attached hydrogens (tertiary/aromatic N) is 3. The Morgan fingerprint density at radius 3 is 2.11 bits per heavy atom. The molecule has 0 aliphatic heterocycles. The van der Waals surface area contributed by atoms with Crippen LogP contribution >= 0.6 is 0 Å². The van der Waals surface area contributed by atoms with Gasteiger partial charge in [0.05, 0.1) is 22.2 Å². The van der Waals surface area contributed by atoms with Crippen LogP contribution in [0.25, 0.3) is 83.2 Å². The standard InChI is InChI=1S/C42H29N3O/c1-3-12-34-32-16-8-10-19-37(32)45(42(34)43-2)29-22-24-35-40(26-29)46-39-20-11-17-30(41(35)39)27-21-23-33-31-15-7-9-18-36(31)44(38(33)25-27)28-13-5-4-6-14-28/h3-26H,2H2,1H3/b12-3-. The molecule has 3 heterocycles. The lowest BCUT2D eigenvalue weighted by atomic mass is 9.98. The maximum Gasteiger partial charge on any atom is 0.144 e. The van der Waals surface area contributed by atoms with Gasteiger partial charge in [0.2, 0.25) is 0 Å². The molecule has 9 aromatic rings. The van der Waals surface area contributed by atoms with Crippen LogP contribution in [-0.2, 0) is 0 Å². The van der Waals surface area contributed by atoms with Crippen molar-refractivity contribution in [2.24, 2.45) is 4.99 Å². The highest BCUT2D eigenvalue weighted by molar-refractivity contribution is 6.15. The molecule has 46 heavy (non-hydrogen) atoms. The summed E-state index contributed by atoms with van der Waals surface area (Å²) in [7, 11) is 0. The summed E-state index contributed by atoms with van der Waals surface area (Å²) in [6.45, 7) is 5.95. The third-order valence-corrected chi connectivity index (χ3v) is 9.11. The normalized spacial score (nSPS) is 12.0. The SMILES string of the molecule is C=Nc1c(/C=C\C)c2ccccc2n1-c1ccc2c(c1)oc1cccc(-c3ccc4c5ccccc5n(-c5ccccc5)c4c3)c12. The van der Waals surface area contributed by atoms with Crippen molar-refractivity contribution in [3.63, 3.8) is 0 Å². The Morgan fingerprint density at radius 1 is 0.587 bits per heavy atom. The van der Waals surface area contributed by atoms with Gasteiger partial charge in [0.25, 0.3) is 0 Å². The molecular formula is C42H29N3O. The van der Waals surface area contributed by atoms with E-state index in [9.17, 15) is 0 Å². The smallest absolute Gasteiger partial charge is 0.144 e. The highest BCUT2D eigenvalue weighted by atomic mass is 16.3. The monoisotopic (exact) mass is 591 g/mol. The summed E-state index contributed by atoms with van der Waals surface area (Å²) < 4.78 is 11.1. The van der Waals surface area contributed by atoms with E-state index in [4.69, 9.17) is 4.42 Å². The number of furan rings is 1. The Kier molecular flexibility index (Phi) is 5.84. The first kappa shape index (κ1) is 26.3. The van der Waals surface area contributed by atoms with Crippen LogP contribution in [0.3, 0.4) is 0 Å². The highest BCUT2D eigenvalue weighted by Crippen LogP contribution is 2.42. The van der Waals surface area contributed by atoms with Crippen LogP contribution < -0.4 is 0 Å². The van der Waals surface area contributed by atoms with Gasteiger partial charge >= 0.3 is 0 Å². The lowest BCUT2D eigenvalue weighted by Crippen LogP contribution is -1.93. The summed E-state index contributed by atoms with van der Waals surface area (Å²) in [5, 5.41) is 5.81. The topological polar surface area (TPSA) is 35.4 Å². The second-order valence-electron chi connectivity index (χ2n) is 11.6. The van der Waals surface area contributed by atoms with Crippen molar-refractivity contribution >= 4 is 73.3 Å². The molecule has 218 valence electrons. The highest BCUT2D eigenvalue weighted by Gasteiger charge is 2.19. The molecule has 4 heteroatoms. The number of allylic oxidation sites excluding steroid dienone is 1. The fourth-order valence-electron chi connectivity index (χ4n) is 7.19. The molecule has 0 amide bonds. The molecule has 0 bridgehead atoms. The molecule has 9 rings (SSSR count). The summed E-state index contributed by atoms with van der Waals surface area (Å²) in [6.07, 6.45) is 4.14. The van der Waals surface area contributed by atoms with Crippen LogP contribution in [0.2, 0.25) is 0 Å². The maximum atomic E-state index is 6.57. The summed E-state index contributed by atoms with van der Waals surface area (Å²) in [4.78, 5) is 4.48. The van der Waals surface area contributed by atoms with Crippen molar-refractivity contribution in [3.8, 4) is 22.5 Å². The van der Waals surface area contributed by atoms with E-state index in [0.29, 0.717) is 0 Å². The zero-order valence-corrected chi connectivity index (χ0v) is 25.3. The van der Waals surface area contributed by atoms with Crippen LogP contribution in [0.4, 0.5) is 5.82 Å². The number of aliphatic imine (C=N–C) groups is 1. The minimum Gasteiger partial charge on any atom is -0.456 e. The number of aromatic nitrogens is 2. The molecule has 3 aromatic heterocycles. The van der Waals surface area contributed by atoms with Crippen molar-refractivity contribution in [1.29, 1.82) is 0 Å². The molecule has 0 aliphatic rings. The Morgan fingerprint density at radius 2 is 1.30 bits per heavy atom. The van der Waals surface area contributed by atoms with Gasteiger partial charge in [-0.1, -0.05) is 91.0 Å². The molecule has 0 aliphatic carbocycles. The van der Waals surface area contributed by atoms with Crippen LogP contribution in [0.15, 0.2) is 149 Å². The number of rotatable bonds is 5. The molecule has 0 atom stereocenters. The van der Waals surface area contributed by atoms with Crippen molar-refractivity contribution in [2.75, 3.05) is 0 Å². The molecule has 6 aromatic carbocycles. The van der Waals surface area contributed by atoms with Crippen molar-refractivity contribution in [3.05, 3.63) is 145 Å². The van der Waals surface area contributed by atoms with E-state index in [1.54, 1.807) is 0 Å². The molecule has 0 radical (unpaired) electrons. The number of hydrogen-bond donors (Lipinski definition) is 0. The molecule has 0 unspecified atom stereocenters. The zero-order chi connectivity index (χ0) is 30.8. The van der Waals surface area contributed by atoms with E-state index in [1.165, 1.54) is 21.8 Å². The summed E-state index contributed by atoms with van der Waals surface area (Å²) in [5.74, 6) is 0.817. The molecule has 0 spiro atoms. The average molecular weight is 592 g/mol. The summed E-state index contributed by atoms with van der Waals surface area (Å²) in [5.41, 5.74) is 10.6. The largest absolute Gasteiger partial charge is 0.456 e. The van der Waals surface area contributed by atoms with E-state index in [1.807, 2.05) is 13.0 Å². The van der Waals surface area contributed by atoms with E-state index in [0.717, 1.165) is 66.7 Å². The van der Waals surface area contributed by atoms with E-state index < -0.39 is 0 Å². The fourth-order valence-corrected chi connectivity index (χ4v) is 7.19. The van der Waals surface area contributed by atoms with Gasteiger partial charge in [-0.3, -0.25) is 4.57 Å². The fraction of sp³-hybridized carbons (Fsp3) is 0.0238. The van der Waals surface area contributed by atoms with Crippen molar-refractivity contribution < 1.29 is 4.42 Å². The predicted octanol–water partition coefficient (Wildman–Crippen LogP) is 11.7. The van der Waals surface area contributed by atoms with E-state index in [2.05, 4.69) is 160 Å². The van der Waals surface area contributed by atoms with Crippen LogP contribution in [-0.4, -0.2) is 15.9 Å². The van der Waals surface area contributed by atoms with Gasteiger partial charge in [0.15, 0.2) is 0 Å². The van der Waals surface area contributed by atoms with Gasteiger partial charge in [-0.25, -0.2) is 4.99 Å². The van der Waals surface area contributed by atoms with Crippen LogP contribution in [0.5, 0.6) is 0 Å². The van der Waals surface area contributed by atoms with E-state index >= 15 is 0 Å². The first-order valence-corrected chi connectivity index (χ1v) is 15.5. The minimum atomic E-state index is 0.817. The number of para-hydroxylation sites is 3. The molecule has 0 N–H and O–H groups in total. The Balaban J connectivity index is 1.26. The average Bonchev–Trinajstić information content (AvgIpc) is 3.75. The van der Waals surface area contributed by atoms with Crippen LogP contribution in [0, 0.1) is 0 Å². The Bertz CT molecular complexity index is 2670. The van der Waals surface area contributed by atoms with Gasteiger partial charge < -0.3 is 8.98 Å². The second-order valence-corrected chi connectivity index (χ2v) is 11.6. The minimum absolute atomic E-state index is 0.817. The zero-order valence-electron chi connectivity index (χ0n) is 25.3. The van der Waals surface area contributed by atoms with Gasteiger partial charge in [-0.2, -0.15) is 0 Å². The lowest BCUT2D eigenvalue weighted by Gasteiger charge is -2.10. The number of hydrogen-bond acceptors (Lipinski definition) is 2. The summed E-state index contributed by atoms with van der Waals surface area (Å²) in [6, 6.07) is 47.2. The van der Waals surface area contributed by atoms with Gasteiger partial charge in [-0.05, 0) is 73.3 Å². The van der Waals surface area contributed by atoms with Crippen LogP contribution in [0.1, 0.15) is 12.5 Å². The number of benzene rings is 6. The third-order valence-electron chi connectivity index (χ3n) is 9.11. The molecule has 0 saturated heterocycles. The molecular weight excluding hydrogens is 562 g/mol. The van der Waals surface area contributed by atoms with Gasteiger partial charge in [0, 0.05) is 44.2 Å². The third kappa shape index (κ3) is 3.77. The maximum absolute atomic E-state index is 6.57. The molecule has 0 saturated carbocycles. The van der Waals surface area contributed by atoms with E-state index in [-0.39, 0.29) is 0 Å². The van der Waals surface area contributed by atoms with Crippen molar-refractivity contribution in [1.82, 2.24) is 9.13 Å². The molecule has 4 nitrogen and oxygen atoms in total. The predicted molar refractivity (Wildman–Crippen MR) is 194 cm³/mol.